The number of hydrogen-bond acceptors (Lipinski definition) is 5. The van der Waals surface area contributed by atoms with E-state index in [2.05, 4.69) is 10.4 Å². The van der Waals surface area contributed by atoms with Crippen LogP contribution in [-0.4, -0.2) is 41.4 Å². The van der Waals surface area contributed by atoms with Gasteiger partial charge in [-0.2, -0.15) is 0 Å². The minimum atomic E-state index is -3.41. The Hall–Kier alpha value is -3.66. The van der Waals surface area contributed by atoms with Crippen molar-refractivity contribution >= 4 is 21.7 Å². The molecule has 0 saturated heterocycles. The van der Waals surface area contributed by atoms with Gasteiger partial charge in [-0.25, -0.2) is 13.1 Å². The molecule has 0 fully saturated rings. The van der Waals surface area contributed by atoms with Gasteiger partial charge in [-0.3, -0.25) is 19.5 Å². The summed E-state index contributed by atoms with van der Waals surface area (Å²) >= 11 is 0. The molecule has 9 nitrogen and oxygen atoms in total. The standard InChI is InChI=1S/C20H19N3O6S/c1-30(28,29)15-9-7-13(8-10-15)16(12-19(25)26)21-20(27)17-11-18(24)23(22-17)14-5-3-2-4-6-14/h2-11,16,22H,12H2,1H3,(H,21,27)(H,25,26). The number of carbonyl (C=O) groups excluding carboxylic acids is 1. The number of aromatic amines is 1. The maximum atomic E-state index is 12.6. The number of carbonyl (C=O) groups is 2. The summed E-state index contributed by atoms with van der Waals surface area (Å²) in [5, 5.41) is 14.5. The number of amides is 1. The second kappa shape index (κ2) is 8.37. The molecule has 0 bridgehead atoms. The monoisotopic (exact) mass is 429 g/mol. The number of carboxylic acid groups (broad SMARTS) is 1. The second-order valence-corrected chi connectivity index (χ2v) is 8.66. The number of rotatable bonds is 7. The smallest absolute Gasteiger partial charge is 0.305 e. The first-order valence-corrected chi connectivity index (χ1v) is 10.7. The third kappa shape index (κ3) is 4.84. The highest BCUT2D eigenvalue weighted by molar-refractivity contribution is 7.90. The van der Waals surface area contributed by atoms with Crippen LogP contribution < -0.4 is 10.9 Å². The maximum Gasteiger partial charge on any atom is 0.305 e. The molecule has 2 aromatic carbocycles. The lowest BCUT2D eigenvalue weighted by molar-refractivity contribution is -0.137. The van der Waals surface area contributed by atoms with E-state index in [0.717, 1.165) is 12.3 Å². The van der Waals surface area contributed by atoms with E-state index in [4.69, 9.17) is 0 Å². The molecule has 30 heavy (non-hydrogen) atoms. The van der Waals surface area contributed by atoms with Gasteiger partial charge < -0.3 is 10.4 Å². The topological polar surface area (TPSA) is 138 Å². The molecule has 1 atom stereocenters. The Morgan fingerprint density at radius 2 is 1.73 bits per heavy atom. The van der Waals surface area contributed by atoms with Gasteiger partial charge in [0.25, 0.3) is 11.5 Å². The van der Waals surface area contributed by atoms with Gasteiger partial charge in [-0.1, -0.05) is 30.3 Å². The van der Waals surface area contributed by atoms with E-state index in [0.29, 0.717) is 11.3 Å². The van der Waals surface area contributed by atoms with Gasteiger partial charge in [0.2, 0.25) is 0 Å². The quantitative estimate of drug-likeness (QED) is 0.520. The Labute approximate surface area is 171 Å². The van der Waals surface area contributed by atoms with Gasteiger partial charge >= 0.3 is 5.97 Å². The molecule has 0 aliphatic heterocycles. The number of benzene rings is 2. The van der Waals surface area contributed by atoms with Crippen LogP contribution in [0.15, 0.2) is 70.4 Å². The van der Waals surface area contributed by atoms with Crippen LogP contribution in [0.2, 0.25) is 0 Å². The third-order valence-electron chi connectivity index (χ3n) is 4.37. The largest absolute Gasteiger partial charge is 0.481 e. The van der Waals surface area contributed by atoms with Crippen molar-refractivity contribution in [3.63, 3.8) is 0 Å². The number of H-pyrrole nitrogens is 1. The average molecular weight is 429 g/mol. The normalized spacial score (nSPS) is 12.3. The molecule has 1 amide bonds. The van der Waals surface area contributed by atoms with Crippen molar-refractivity contribution < 1.29 is 23.1 Å². The first-order chi connectivity index (χ1) is 14.1. The van der Waals surface area contributed by atoms with E-state index in [1.807, 2.05) is 0 Å². The van der Waals surface area contributed by atoms with Crippen molar-refractivity contribution in [1.82, 2.24) is 15.1 Å². The number of nitrogens with zero attached hydrogens (tertiary/aromatic N) is 1. The van der Waals surface area contributed by atoms with E-state index in [9.17, 15) is 27.9 Å². The fourth-order valence-corrected chi connectivity index (χ4v) is 3.52. The van der Waals surface area contributed by atoms with Crippen LogP contribution >= 0.6 is 0 Å². The number of para-hydroxylation sites is 1. The molecule has 3 N–H and O–H groups in total. The molecule has 3 aromatic rings. The van der Waals surface area contributed by atoms with E-state index in [1.165, 1.54) is 28.9 Å². The summed E-state index contributed by atoms with van der Waals surface area (Å²) < 4.78 is 24.4. The van der Waals surface area contributed by atoms with Crippen LogP contribution in [0.1, 0.15) is 28.5 Å². The van der Waals surface area contributed by atoms with E-state index < -0.39 is 39.7 Å². The summed E-state index contributed by atoms with van der Waals surface area (Å²) in [4.78, 5) is 36.2. The number of sulfone groups is 1. The summed E-state index contributed by atoms with van der Waals surface area (Å²) in [6.45, 7) is 0. The molecular weight excluding hydrogens is 410 g/mol. The van der Waals surface area contributed by atoms with Gasteiger partial charge in [0.15, 0.2) is 9.84 Å². The van der Waals surface area contributed by atoms with Gasteiger partial charge in [0.1, 0.15) is 5.69 Å². The molecule has 3 rings (SSSR count). The number of hydrogen-bond donors (Lipinski definition) is 3. The summed E-state index contributed by atoms with van der Waals surface area (Å²) in [5.41, 5.74) is 0.480. The molecular formula is C20H19N3O6S. The van der Waals surface area contributed by atoms with Crippen LogP contribution in [0.4, 0.5) is 0 Å². The van der Waals surface area contributed by atoms with Crippen LogP contribution in [0.5, 0.6) is 0 Å². The Morgan fingerprint density at radius 3 is 2.30 bits per heavy atom. The predicted octanol–water partition coefficient (Wildman–Crippen LogP) is 1.51. The number of aromatic nitrogens is 2. The molecule has 10 heteroatoms. The van der Waals surface area contributed by atoms with Gasteiger partial charge in [-0.15, -0.1) is 0 Å². The highest BCUT2D eigenvalue weighted by atomic mass is 32.2. The Morgan fingerprint density at radius 1 is 1.10 bits per heavy atom. The van der Waals surface area contributed by atoms with Crippen molar-refractivity contribution in [1.29, 1.82) is 0 Å². The summed E-state index contributed by atoms with van der Waals surface area (Å²) in [6.07, 6.45) is 0.639. The van der Waals surface area contributed by atoms with Crippen molar-refractivity contribution in [3.05, 3.63) is 82.3 Å². The minimum absolute atomic E-state index is 0.0352. The van der Waals surface area contributed by atoms with Crippen LogP contribution in [-0.2, 0) is 14.6 Å². The maximum absolute atomic E-state index is 12.6. The van der Waals surface area contributed by atoms with E-state index in [-0.39, 0.29) is 10.6 Å². The van der Waals surface area contributed by atoms with Crippen molar-refractivity contribution in [2.45, 2.75) is 17.4 Å². The Bertz CT molecular complexity index is 1230. The van der Waals surface area contributed by atoms with Crippen LogP contribution in [0.25, 0.3) is 5.69 Å². The molecule has 0 saturated carbocycles. The fraction of sp³-hybridized carbons (Fsp3) is 0.150. The predicted molar refractivity (Wildman–Crippen MR) is 108 cm³/mol. The van der Waals surface area contributed by atoms with Crippen molar-refractivity contribution in [2.24, 2.45) is 0 Å². The summed E-state index contributed by atoms with van der Waals surface area (Å²) in [6, 6.07) is 14.4. The zero-order chi connectivity index (χ0) is 21.9. The highest BCUT2D eigenvalue weighted by Crippen LogP contribution is 2.20. The number of carboxylic acids is 1. The molecule has 1 aromatic heterocycles. The zero-order valence-corrected chi connectivity index (χ0v) is 16.7. The molecule has 0 aliphatic carbocycles. The molecule has 1 heterocycles. The zero-order valence-electron chi connectivity index (χ0n) is 15.9. The first-order valence-electron chi connectivity index (χ1n) is 8.85. The van der Waals surface area contributed by atoms with E-state index >= 15 is 0 Å². The van der Waals surface area contributed by atoms with E-state index in [1.54, 1.807) is 30.3 Å². The fourth-order valence-electron chi connectivity index (χ4n) is 2.89. The Kier molecular flexibility index (Phi) is 5.88. The average Bonchev–Trinajstić information content (AvgIpc) is 3.09. The first kappa shape index (κ1) is 21.1. The highest BCUT2D eigenvalue weighted by Gasteiger charge is 2.21. The lowest BCUT2D eigenvalue weighted by Gasteiger charge is -2.17. The lowest BCUT2D eigenvalue weighted by Crippen LogP contribution is -2.30. The van der Waals surface area contributed by atoms with Gasteiger partial charge in [-0.05, 0) is 29.8 Å². The summed E-state index contributed by atoms with van der Waals surface area (Å²) in [5.74, 6) is -1.82. The molecule has 0 spiro atoms. The van der Waals surface area contributed by atoms with Crippen molar-refractivity contribution in [3.8, 4) is 5.69 Å². The second-order valence-electron chi connectivity index (χ2n) is 6.64. The van der Waals surface area contributed by atoms with Crippen molar-refractivity contribution in [2.75, 3.05) is 6.26 Å². The van der Waals surface area contributed by atoms with Gasteiger partial charge in [0.05, 0.1) is 23.0 Å². The Balaban J connectivity index is 1.86. The lowest BCUT2D eigenvalue weighted by atomic mass is 10.0. The third-order valence-corrected chi connectivity index (χ3v) is 5.50. The summed E-state index contributed by atoms with van der Waals surface area (Å²) in [7, 11) is -3.41. The molecule has 156 valence electrons. The minimum Gasteiger partial charge on any atom is -0.481 e. The molecule has 1 unspecified atom stereocenters. The molecule has 0 aliphatic rings. The van der Waals surface area contributed by atoms with Crippen LogP contribution in [0.3, 0.4) is 0 Å². The number of nitrogens with one attached hydrogen (secondary N) is 2. The van der Waals surface area contributed by atoms with Crippen LogP contribution in [0, 0.1) is 0 Å². The van der Waals surface area contributed by atoms with Gasteiger partial charge in [0, 0.05) is 12.3 Å². The number of aliphatic carboxylic acids is 1. The molecule has 0 radical (unpaired) electrons. The SMILES string of the molecule is CS(=O)(=O)c1ccc(C(CC(=O)O)NC(=O)c2cc(=O)n(-c3ccccc3)[nH]2)cc1.